The molecule has 0 aliphatic carbocycles. The molecule has 0 spiro atoms. The van der Waals surface area contributed by atoms with Gasteiger partial charge in [0, 0.05) is 0 Å². The van der Waals surface area contributed by atoms with E-state index in [9.17, 15) is 4.39 Å². The summed E-state index contributed by atoms with van der Waals surface area (Å²) in [6, 6.07) is 6.36. The third-order valence-corrected chi connectivity index (χ3v) is 2.60. The first-order valence-electron chi connectivity index (χ1n) is 5.63. The second-order valence-electron chi connectivity index (χ2n) is 3.96. The summed E-state index contributed by atoms with van der Waals surface area (Å²) in [7, 11) is 0. The molecule has 0 bridgehead atoms. The quantitative estimate of drug-likeness (QED) is 0.880. The predicted octanol–water partition coefficient (Wildman–Crippen LogP) is 2.00. The Labute approximate surface area is 99.2 Å². The summed E-state index contributed by atoms with van der Waals surface area (Å²) in [6.07, 6.45) is 1.83. The van der Waals surface area contributed by atoms with E-state index in [1.165, 1.54) is 12.1 Å². The molecule has 0 fully saturated rings. The van der Waals surface area contributed by atoms with Gasteiger partial charge in [-0.05, 0) is 24.1 Å². The van der Waals surface area contributed by atoms with Gasteiger partial charge in [-0.15, -0.1) is 5.10 Å². The molecule has 2 rings (SSSR count). The van der Waals surface area contributed by atoms with Gasteiger partial charge in [0.15, 0.2) is 5.82 Å². The van der Waals surface area contributed by atoms with Crippen molar-refractivity contribution in [1.29, 1.82) is 0 Å². The molecule has 17 heavy (non-hydrogen) atoms. The first-order valence-corrected chi connectivity index (χ1v) is 5.63. The zero-order valence-corrected chi connectivity index (χ0v) is 9.73. The van der Waals surface area contributed by atoms with Crippen LogP contribution in [0.25, 0.3) is 0 Å². The Bertz CT molecular complexity index is 490. The van der Waals surface area contributed by atoms with Gasteiger partial charge in [0.1, 0.15) is 5.82 Å². The average molecular weight is 234 g/mol. The Morgan fingerprint density at radius 3 is 2.65 bits per heavy atom. The highest BCUT2D eigenvalue weighted by Crippen LogP contribution is 2.12. The van der Waals surface area contributed by atoms with Crippen LogP contribution in [-0.2, 0) is 13.0 Å². The predicted molar refractivity (Wildman–Crippen MR) is 63.9 cm³/mol. The van der Waals surface area contributed by atoms with Crippen LogP contribution in [0.2, 0.25) is 0 Å². The molecule has 0 saturated carbocycles. The van der Waals surface area contributed by atoms with Crippen LogP contribution in [0.15, 0.2) is 24.3 Å². The highest BCUT2D eigenvalue weighted by molar-refractivity contribution is 5.33. The fourth-order valence-corrected chi connectivity index (χ4v) is 1.73. The van der Waals surface area contributed by atoms with Crippen LogP contribution in [-0.4, -0.2) is 15.0 Å². The minimum Gasteiger partial charge on any atom is -0.381 e. The molecule has 1 aromatic heterocycles. The van der Waals surface area contributed by atoms with E-state index >= 15 is 0 Å². The summed E-state index contributed by atoms with van der Waals surface area (Å²) in [5.74, 6) is 0.245. The minimum absolute atomic E-state index is 0.236. The van der Waals surface area contributed by atoms with Crippen molar-refractivity contribution in [3.05, 3.63) is 41.3 Å². The highest BCUT2D eigenvalue weighted by atomic mass is 19.1. The lowest BCUT2D eigenvalue weighted by atomic mass is 10.2. The van der Waals surface area contributed by atoms with Crippen LogP contribution in [0.4, 0.5) is 10.2 Å². The van der Waals surface area contributed by atoms with Crippen LogP contribution >= 0.6 is 0 Å². The van der Waals surface area contributed by atoms with Crippen LogP contribution in [0.5, 0.6) is 0 Å². The molecule has 2 aromatic rings. The first-order chi connectivity index (χ1) is 8.20. The lowest BCUT2D eigenvalue weighted by Gasteiger charge is -2.05. The average Bonchev–Trinajstić information content (AvgIpc) is 2.65. The van der Waals surface area contributed by atoms with Gasteiger partial charge in [-0.25, -0.2) is 9.07 Å². The van der Waals surface area contributed by atoms with Gasteiger partial charge in [-0.1, -0.05) is 30.7 Å². The number of halogens is 1. The van der Waals surface area contributed by atoms with Crippen molar-refractivity contribution < 1.29 is 4.39 Å². The number of aromatic nitrogens is 3. The van der Waals surface area contributed by atoms with Crippen molar-refractivity contribution in [2.75, 3.05) is 5.73 Å². The molecule has 4 nitrogen and oxygen atoms in total. The number of hydrogen-bond donors (Lipinski definition) is 1. The first kappa shape index (κ1) is 11.6. The fraction of sp³-hybridized carbons (Fsp3) is 0.333. The number of nitrogens with two attached hydrogens (primary N) is 1. The molecule has 90 valence electrons. The minimum atomic E-state index is -0.236. The maximum atomic E-state index is 12.8. The molecule has 0 unspecified atom stereocenters. The molecule has 1 heterocycles. The van der Waals surface area contributed by atoms with E-state index in [2.05, 4.69) is 17.2 Å². The van der Waals surface area contributed by atoms with E-state index in [1.807, 2.05) is 0 Å². The molecule has 0 aliphatic heterocycles. The Balaban J connectivity index is 2.20. The topological polar surface area (TPSA) is 56.7 Å². The smallest absolute Gasteiger partial charge is 0.169 e. The standard InChI is InChI=1S/C12H15FN4/c1-2-3-11-12(14)15-16-17(11)8-9-4-6-10(13)7-5-9/h4-7H,2-3,8,14H2,1H3. The van der Waals surface area contributed by atoms with Crippen LogP contribution in [0.1, 0.15) is 24.6 Å². The van der Waals surface area contributed by atoms with Gasteiger partial charge in [0.05, 0.1) is 12.2 Å². The maximum absolute atomic E-state index is 12.8. The number of nitrogen functional groups attached to an aromatic ring is 1. The van der Waals surface area contributed by atoms with Crippen LogP contribution in [0.3, 0.4) is 0 Å². The van der Waals surface area contributed by atoms with Gasteiger partial charge in [-0.3, -0.25) is 0 Å². The molecular weight excluding hydrogens is 219 g/mol. The Kier molecular flexibility index (Phi) is 3.37. The van der Waals surface area contributed by atoms with Gasteiger partial charge < -0.3 is 5.73 Å². The van der Waals surface area contributed by atoms with Crippen LogP contribution < -0.4 is 5.73 Å². The van der Waals surface area contributed by atoms with Gasteiger partial charge in [-0.2, -0.15) is 0 Å². The zero-order valence-electron chi connectivity index (χ0n) is 9.73. The molecule has 0 amide bonds. The molecule has 5 heteroatoms. The lowest BCUT2D eigenvalue weighted by molar-refractivity contribution is 0.606. The summed E-state index contributed by atoms with van der Waals surface area (Å²) in [5, 5.41) is 7.87. The molecule has 0 aliphatic rings. The molecule has 2 N–H and O–H groups in total. The largest absolute Gasteiger partial charge is 0.381 e. The third kappa shape index (κ3) is 2.61. The summed E-state index contributed by atoms with van der Waals surface area (Å²) < 4.78 is 14.5. The van der Waals surface area contributed by atoms with Crippen molar-refractivity contribution in [3.63, 3.8) is 0 Å². The van der Waals surface area contributed by atoms with Crippen molar-refractivity contribution in [1.82, 2.24) is 15.0 Å². The number of nitrogens with zero attached hydrogens (tertiary/aromatic N) is 3. The highest BCUT2D eigenvalue weighted by Gasteiger charge is 2.09. The number of rotatable bonds is 4. The molecule has 1 aromatic carbocycles. The van der Waals surface area contributed by atoms with Crippen molar-refractivity contribution in [2.24, 2.45) is 0 Å². The second-order valence-corrected chi connectivity index (χ2v) is 3.96. The summed E-state index contributed by atoms with van der Waals surface area (Å²) >= 11 is 0. The van der Waals surface area contributed by atoms with Crippen LogP contribution in [0, 0.1) is 5.82 Å². The van der Waals surface area contributed by atoms with E-state index in [1.54, 1.807) is 16.8 Å². The maximum Gasteiger partial charge on any atom is 0.169 e. The summed E-state index contributed by atoms with van der Waals surface area (Å²) in [4.78, 5) is 0. The Morgan fingerprint density at radius 1 is 1.29 bits per heavy atom. The summed E-state index contributed by atoms with van der Waals surface area (Å²) in [6.45, 7) is 2.65. The molecule has 0 saturated heterocycles. The van der Waals surface area contributed by atoms with E-state index in [0.29, 0.717) is 12.4 Å². The molecular formula is C12H15FN4. The van der Waals surface area contributed by atoms with Gasteiger partial charge >= 0.3 is 0 Å². The van der Waals surface area contributed by atoms with Crippen molar-refractivity contribution in [3.8, 4) is 0 Å². The SMILES string of the molecule is CCCc1c(N)nnn1Cc1ccc(F)cc1. The van der Waals surface area contributed by atoms with Gasteiger partial charge in [0.25, 0.3) is 0 Å². The van der Waals surface area contributed by atoms with Gasteiger partial charge in [0.2, 0.25) is 0 Å². The van der Waals surface area contributed by atoms with E-state index in [0.717, 1.165) is 24.1 Å². The van der Waals surface area contributed by atoms with E-state index < -0.39 is 0 Å². The van der Waals surface area contributed by atoms with E-state index in [4.69, 9.17) is 5.73 Å². The second kappa shape index (κ2) is 4.95. The van der Waals surface area contributed by atoms with Crippen molar-refractivity contribution >= 4 is 5.82 Å². The normalized spacial score (nSPS) is 10.7. The van der Waals surface area contributed by atoms with E-state index in [-0.39, 0.29) is 5.82 Å². The third-order valence-electron chi connectivity index (χ3n) is 2.60. The Morgan fingerprint density at radius 2 is 2.00 bits per heavy atom. The fourth-order valence-electron chi connectivity index (χ4n) is 1.73. The molecule has 0 radical (unpaired) electrons. The Hall–Kier alpha value is -1.91. The lowest BCUT2D eigenvalue weighted by Crippen LogP contribution is -2.07. The van der Waals surface area contributed by atoms with Crippen molar-refractivity contribution in [2.45, 2.75) is 26.3 Å². The zero-order chi connectivity index (χ0) is 12.3. The summed E-state index contributed by atoms with van der Waals surface area (Å²) in [5.41, 5.74) is 7.67. The number of hydrogen-bond acceptors (Lipinski definition) is 3. The number of anilines is 1. The number of benzene rings is 1. The molecule has 0 atom stereocenters. The monoisotopic (exact) mass is 234 g/mol.